The van der Waals surface area contributed by atoms with Gasteiger partial charge in [0.1, 0.15) is 0 Å². The Balaban J connectivity index is 1.54. The summed E-state index contributed by atoms with van der Waals surface area (Å²) in [4.78, 5) is 0. The van der Waals surface area contributed by atoms with E-state index < -0.39 is 0 Å². The van der Waals surface area contributed by atoms with E-state index in [9.17, 15) is 0 Å². The predicted molar refractivity (Wildman–Crippen MR) is 97.8 cm³/mol. The van der Waals surface area contributed by atoms with Crippen LogP contribution in [-0.2, 0) is 11.8 Å². The third-order valence-electron chi connectivity index (χ3n) is 4.84. The van der Waals surface area contributed by atoms with Gasteiger partial charge in [0.05, 0.1) is 11.8 Å². The van der Waals surface area contributed by atoms with Crippen molar-refractivity contribution in [3.63, 3.8) is 0 Å². The number of aromatic nitrogens is 2. The lowest BCUT2D eigenvalue weighted by Crippen LogP contribution is -2.25. The molecule has 1 aromatic carbocycles. The molecule has 0 saturated carbocycles. The minimum absolute atomic E-state index is 0.171. The molecular formula is C20H27N3O. The first-order valence-electron chi connectivity index (χ1n) is 8.71. The predicted octanol–water partition coefficient (Wildman–Crippen LogP) is 3.42. The van der Waals surface area contributed by atoms with Gasteiger partial charge in [0, 0.05) is 43.9 Å². The zero-order valence-electron chi connectivity index (χ0n) is 14.8. The van der Waals surface area contributed by atoms with E-state index in [4.69, 9.17) is 4.74 Å². The van der Waals surface area contributed by atoms with Crippen molar-refractivity contribution in [3.8, 4) is 0 Å². The Morgan fingerprint density at radius 1 is 1.29 bits per heavy atom. The molecule has 4 nitrogen and oxygen atoms in total. The topological polar surface area (TPSA) is 39.1 Å². The maximum atomic E-state index is 6.04. The maximum absolute atomic E-state index is 6.04. The van der Waals surface area contributed by atoms with Gasteiger partial charge in [-0.15, -0.1) is 0 Å². The summed E-state index contributed by atoms with van der Waals surface area (Å²) in [6.07, 6.45) is 5.61. The average molecular weight is 325 g/mol. The van der Waals surface area contributed by atoms with E-state index in [0.717, 1.165) is 31.8 Å². The highest BCUT2D eigenvalue weighted by atomic mass is 16.5. The third-order valence-corrected chi connectivity index (χ3v) is 4.84. The van der Waals surface area contributed by atoms with Crippen molar-refractivity contribution in [1.82, 2.24) is 15.1 Å². The van der Waals surface area contributed by atoms with E-state index in [1.807, 2.05) is 17.8 Å². The molecule has 0 amide bonds. The minimum atomic E-state index is 0.171. The fourth-order valence-electron chi connectivity index (χ4n) is 3.47. The zero-order chi connectivity index (χ0) is 16.9. The van der Waals surface area contributed by atoms with Crippen molar-refractivity contribution in [2.24, 2.45) is 13.0 Å². The van der Waals surface area contributed by atoms with Crippen LogP contribution in [0.1, 0.15) is 35.0 Å². The van der Waals surface area contributed by atoms with Crippen molar-refractivity contribution in [2.45, 2.75) is 26.4 Å². The molecule has 1 saturated heterocycles. The molecule has 1 aromatic heterocycles. The summed E-state index contributed by atoms with van der Waals surface area (Å²) in [6, 6.07) is 10.4. The van der Waals surface area contributed by atoms with E-state index >= 15 is 0 Å². The monoisotopic (exact) mass is 325 g/mol. The molecule has 24 heavy (non-hydrogen) atoms. The van der Waals surface area contributed by atoms with Gasteiger partial charge in [0.2, 0.25) is 0 Å². The van der Waals surface area contributed by atoms with E-state index in [-0.39, 0.29) is 6.10 Å². The molecule has 0 aliphatic carbocycles. The SMILES string of the molecule is Cc1nn(C)c(C)c1C1OCCC1CNCC=Cc1ccccc1. The number of hydrogen-bond acceptors (Lipinski definition) is 3. The zero-order valence-corrected chi connectivity index (χ0v) is 14.8. The Morgan fingerprint density at radius 3 is 2.79 bits per heavy atom. The maximum Gasteiger partial charge on any atom is 0.0901 e. The lowest BCUT2D eigenvalue weighted by molar-refractivity contribution is 0.0897. The first kappa shape index (κ1) is 16.9. The highest BCUT2D eigenvalue weighted by molar-refractivity contribution is 5.48. The van der Waals surface area contributed by atoms with Crippen molar-refractivity contribution in [1.29, 1.82) is 0 Å². The van der Waals surface area contributed by atoms with E-state index in [1.54, 1.807) is 0 Å². The molecular weight excluding hydrogens is 298 g/mol. The van der Waals surface area contributed by atoms with Crippen LogP contribution in [0.25, 0.3) is 6.08 Å². The van der Waals surface area contributed by atoms with Crippen molar-refractivity contribution < 1.29 is 4.74 Å². The van der Waals surface area contributed by atoms with Crippen LogP contribution in [0.15, 0.2) is 36.4 Å². The fourth-order valence-corrected chi connectivity index (χ4v) is 3.47. The first-order valence-corrected chi connectivity index (χ1v) is 8.71. The Bertz CT molecular complexity index is 690. The van der Waals surface area contributed by atoms with Crippen LogP contribution < -0.4 is 5.32 Å². The van der Waals surface area contributed by atoms with E-state index in [0.29, 0.717) is 5.92 Å². The number of rotatable bonds is 6. The molecule has 2 unspecified atom stereocenters. The number of benzene rings is 1. The normalized spacial score (nSPS) is 21.0. The Hall–Kier alpha value is -1.91. The van der Waals surface area contributed by atoms with Crippen molar-refractivity contribution in [3.05, 3.63) is 58.9 Å². The number of hydrogen-bond donors (Lipinski definition) is 1. The Morgan fingerprint density at radius 2 is 2.08 bits per heavy atom. The molecule has 1 N–H and O–H groups in total. The van der Waals surface area contributed by atoms with Crippen LogP contribution in [0, 0.1) is 19.8 Å². The smallest absolute Gasteiger partial charge is 0.0901 e. The lowest BCUT2D eigenvalue weighted by atomic mass is 9.94. The molecule has 3 rings (SSSR count). The minimum Gasteiger partial charge on any atom is -0.373 e. The van der Waals surface area contributed by atoms with Gasteiger partial charge in [0.15, 0.2) is 0 Å². The summed E-state index contributed by atoms with van der Waals surface area (Å²) in [5.74, 6) is 0.511. The summed E-state index contributed by atoms with van der Waals surface area (Å²) < 4.78 is 8.00. The average Bonchev–Trinajstić information content (AvgIpc) is 3.12. The van der Waals surface area contributed by atoms with Crippen LogP contribution in [0.2, 0.25) is 0 Å². The summed E-state index contributed by atoms with van der Waals surface area (Å²) in [6.45, 7) is 6.90. The molecule has 2 atom stereocenters. The highest BCUT2D eigenvalue weighted by Crippen LogP contribution is 2.37. The number of nitrogens with one attached hydrogen (secondary N) is 1. The largest absolute Gasteiger partial charge is 0.373 e. The molecule has 1 fully saturated rings. The molecule has 1 aliphatic heterocycles. The molecule has 0 spiro atoms. The summed E-state index contributed by atoms with van der Waals surface area (Å²) in [5, 5.41) is 8.09. The van der Waals surface area contributed by atoms with Crippen LogP contribution in [0.4, 0.5) is 0 Å². The van der Waals surface area contributed by atoms with Gasteiger partial charge in [-0.3, -0.25) is 4.68 Å². The van der Waals surface area contributed by atoms with E-state index in [2.05, 4.69) is 60.7 Å². The van der Waals surface area contributed by atoms with Gasteiger partial charge in [-0.05, 0) is 25.8 Å². The number of aryl methyl sites for hydroxylation is 2. The van der Waals surface area contributed by atoms with Gasteiger partial charge < -0.3 is 10.1 Å². The molecule has 0 bridgehead atoms. The fraction of sp³-hybridized carbons (Fsp3) is 0.450. The summed E-state index contributed by atoms with van der Waals surface area (Å²) in [5.41, 5.74) is 4.83. The molecule has 1 aliphatic rings. The molecule has 0 radical (unpaired) electrons. The van der Waals surface area contributed by atoms with Crippen molar-refractivity contribution in [2.75, 3.05) is 19.7 Å². The lowest BCUT2D eigenvalue weighted by Gasteiger charge is -2.19. The molecule has 2 heterocycles. The second-order valence-electron chi connectivity index (χ2n) is 6.52. The number of ether oxygens (including phenoxy) is 1. The summed E-state index contributed by atoms with van der Waals surface area (Å²) >= 11 is 0. The van der Waals surface area contributed by atoms with Gasteiger partial charge in [0.25, 0.3) is 0 Å². The second-order valence-corrected chi connectivity index (χ2v) is 6.52. The van der Waals surface area contributed by atoms with Gasteiger partial charge >= 0.3 is 0 Å². The summed E-state index contributed by atoms with van der Waals surface area (Å²) in [7, 11) is 2.00. The Kier molecular flexibility index (Phi) is 5.48. The number of nitrogens with zero attached hydrogens (tertiary/aromatic N) is 2. The van der Waals surface area contributed by atoms with Gasteiger partial charge in [-0.2, -0.15) is 5.10 Å². The van der Waals surface area contributed by atoms with Gasteiger partial charge in [-0.1, -0.05) is 42.5 Å². The van der Waals surface area contributed by atoms with Crippen LogP contribution in [-0.4, -0.2) is 29.5 Å². The standard InChI is InChI=1S/C20H27N3O/c1-15-19(16(2)23(3)22-15)20-18(11-13-24-20)14-21-12-7-10-17-8-5-4-6-9-17/h4-10,18,20-21H,11-14H2,1-3H3. The van der Waals surface area contributed by atoms with Crippen LogP contribution in [0.3, 0.4) is 0 Å². The molecule has 128 valence electrons. The quantitative estimate of drug-likeness (QED) is 0.827. The highest BCUT2D eigenvalue weighted by Gasteiger charge is 2.33. The van der Waals surface area contributed by atoms with Crippen LogP contribution in [0.5, 0.6) is 0 Å². The van der Waals surface area contributed by atoms with Gasteiger partial charge in [-0.25, -0.2) is 0 Å². The van der Waals surface area contributed by atoms with Crippen LogP contribution >= 0.6 is 0 Å². The third kappa shape index (κ3) is 3.77. The second kappa shape index (κ2) is 7.77. The van der Waals surface area contributed by atoms with E-state index in [1.165, 1.54) is 16.8 Å². The first-order chi connectivity index (χ1) is 11.7. The molecule has 4 heteroatoms. The molecule has 2 aromatic rings. The van der Waals surface area contributed by atoms with Crippen molar-refractivity contribution >= 4 is 6.08 Å². The Labute approximate surface area is 144 Å².